The Morgan fingerprint density at radius 2 is 1.83 bits per heavy atom. The first kappa shape index (κ1) is 14.3. The summed E-state index contributed by atoms with van der Waals surface area (Å²) in [6.07, 6.45) is -0.823. The van der Waals surface area contributed by atoms with E-state index in [1.807, 2.05) is 25.1 Å². The molecule has 5 heteroatoms. The number of benzene rings is 1. The summed E-state index contributed by atoms with van der Waals surface area (Å²) in [6, 6.07) is 7.32. The summed E-state index contributed by atoms with van der Waals surface area (Å²) < 4.78 is 15.9. The van der Waals surface area contributed by atoms with E-state index in [2.05, 4.69) is 0 Å². The van der Waals surface area contributed by atoms with Crippen LogP contribution in [0.2, 0.25) is 0 Å². The summed E-state index contributed by atoms with van der Waals surface area (Å²) in [4.78, 5) is 10.5. The lowest BCUT2D eigenvalue weighted by molar-refractivity contribution is -0.149. The third-order valence-electron chi connectivity index (χ3n) is 2.21. The first-order valence-corrected chi connectivity index (χ1v) is 5.84. The van der Waals surface area contributed by atoms with Gasteiger partial charge in [-0.05, 0) is 26.0 Å². The molecule has 1 aromatic carbocycles. The van der Waals surface area contributed by atoms with Gasteiger partial charge in [-0.3, -0.25) is 0 Å². The van der Waals surface area contributed by atoms with Gasteiger partial charge in [0.05, 0.1) is 13.2 Å². The molecule has 0 bridgehead atoms. The summed E-state index contributed by atoms with van der Waals surface area (Å²) >= 11 is 0. The number of hydrogen-bond donors (Lipinski definition) is 1. The molecule has 0 radical (unpaired) electrons. The van der Waals surface area contributed by atoms with Gasteiger partial charge in [-0.1, -0.05) is 12.1 Å². The van der Waals surface area contributed by atoms with Crippen molar-refractivity contribution in [1.29, 1.82) is 0 Å². The summed E-state index contributed by atoms with van der Waals surface area (Å²) in [5, 5.41) is 8.63. The van der Waals surface area contributed by atoms with Crippen molar-refractivity contribution in [3.63, 3.8) is 0 Å². The number of ether oxygens (including phenoxy) is 3. The van der Waals surface area contributed by atoms with Gasteiger partial charge in [0.25, 0.3) is 0 Å². The van der Waals surface area contributed by atoms with Gasteiger partial charge in [-0.15, -0.1) is 0 Å². The van der Waals surface area contributed by atoms with Crippen LogP contribution < -0.4 is 9.47 Å². The maximum Gasteiger partial charge on any atom is 0.332 e. The second-order valence-electron chi connectivity index (χ2n) is 3.58. The van der Waals surface area contributed by atoms with Crippen LogP contribution in [0.15, 0.2) is 24.3 Å². The SMILES string of the molecule is CCOc1ccccc1OCCOC(C)C(=O)O. The molecule has 5 nitrogen and oxygen atoms in total. The average Bonchev–Trinajstić information content (AvgIpc) is 2.36. The van der Waals surface area contributed by atoms with E-state index < -0.39 is 12.1 Å². The molecule has 18 heavy (non-hydrogen) atoms. The highest BCUT2D eigenvalue weighted by atomic mass is 16.6. The molecule has 0 heterocycles. The lowest BCUT2D eigenvalue weighted by Crippen LogP contribution is -2.22. The summed E-state index contributed by atoms with van der Waals surface area (Å²) in [5.74, 6) is 0.321. The van der Waals surface area contributed by atoms with Gasteiger partial charge in [0, 0.05) is 0 Å². The lowest BCUT2D eigenvalue weighted by atomic mass is 10.3. The second-order valence-corrected chi connectivity index (χ2v) is 3.58. The summed E-state index contributed by atoms with van der Waals surface area (Å²) in [5.41, 5.74) is 0. The van der Waals surface area contributed by atoms with Gasteiger partial charge < -0.3 is 19.3 Å². The quantitative estimate of drug-likeness (QED) is 0.718. The van der Waals surface area contributed by atoms with E-state index in [1.165, 1.54) is 6.92 Å². The van der Waals surface area contributed by atoms with E-state index in [9.17, 15) is 4.79 Å². The summed E-state index contributed by atoms with van der Waals surface area (Å²) in [7, 11) is 0. The first-order valence-electron chi connectivity index (χ1n) is 5.84. The third-order valence-corrected chi connectivity index (χ3v) is 2.21. The van der Waals surface area contributed by atoms with Crippen LogP contribution in [0, 0.1) is 0 Å². The Kier molecular flexibility index (Phi) is 6.00. The molecule has 1 unspecified atom stereocenters. The Morgan fingerprint density at radius 3 is 2.39 bits per heavy atom. The molecule has 1 N–H and O–H groups in total. The molecular weight excluding hydrogens is 236 g/mol. The normalized spacial score (nSPS) is 11.9. The monoisotopic (exact) mass is 254 g/mol. The highest BCUT2D eigenvalue weighted by Gasteiger charge is 2.10. The number of carbonyl (C=O) groups is 1. The molecule has 0 fully saturated rings. The van der Waals surface area contributed by atoms with E-state index in [1.54, 1.807) is 6.07 Å². The molecule has 0 aliphatic rings. The smallest absolute Gasteiger partial charge is 0.332 e. The Labute approximate surface area is 106 Å². The van der Waals surface area contributed by atoms with Crippen LogP contribution in [0.1, 0.15) is 13.8 Å². The molecule has 0 aromatic heterocycles. The largest absolute Gasteiger partial charge is 0.490 e. The van der Waals surface area contributed by atoms with Crippen LogP contribution >= 0.6 is 0 Å². The predicted molar refractivity (Wildman–Crippen MR) is 66.2 cm³/mol. The molecule has 0 aliphatic heterocycles. The lowest BCUT2D eigenvalue weighted by Gasteiger charge is -2.12. The fourth-order valence-electron chi connectivity index (χ4n) is 1.29. The van der Waals surface area contributed by atoms with Crippen LogP contribution in [0.4, 0.5) is 0 Å². The van der Waals surface area contributed by atoms with Crippen molar-refractivity contribution in [1.82, 2.24) is 0 Å². The maximum atomic E-state index is 10.5. The van der Waals surface area contributed by atoms with Crippen molar-refractivity contribution in [2.24, 2.45) is 0 Å². The van der Waals surface area contributed by atoms with Crippen LogP contribution in [0.3, 0.4) is 0 Å². The van der Waals surface area contributed by atoms with E-state index in [-0.39, 0.29) is 13.2 Å². The van der Waals surface area contributed by atoms with Crippen molar-refractivity contribution in [2.45, 2.75) is 20.0 Å². The Morgan fingerprint density at radius 1 is 1.22 bits per heavy atom. The molecule has 0 saturated carbocycles. The van der Waals surface area contributed by atoms with Gasteiger partial charge in [-0.2, -0.15) is 0 Å². The number of para-hydroxylation sites is 2. The number of hydrogen-bond acceptors (Lipinski definition) is 4. The van der Waals surface area contributed by atoms with Crippen LogP contribution in [-0.4, -0.2) is 37.0 Å². The van der Waals surface area contributed by atoms with E-state index >= 15 is 0 Å². The first-order chi connectivity index (χ1) is 8.65. The number of carboxylic acid groups (broad SMARTS) is 1. The number of rotatable bonds is 8. The van der Waals surface area contributed by atoms with Gasteiger partial charge >= 0.3 is 5.97 Å². The minimum atomic E-state index is -0.982. The Bertz CT molecular complexity index is 377. The van der Waals surface area contributed by atoms with Gasteiger partial charge in [0.2, 0.25) is 0 Å². The minimum Gasteiger partial charge on any atom is -0.490 e. The standard InChI is InChI=1S/C13H18O5/c1-3-16-11-6-4-5-7-12(11)18-9-8-17-10(2)13(14)15/h4-7,10H,3,8-9H2,1-2H3,(H,14,15). The zero-order valence-electron chi connectivity index (χ0n) is 10.6. The minimum absolute atomic E-state index is 0.216. The molecule has 0 amide bonds. The van der Waals surface area contributed by atoms with Crippen LogP contribution in [0.5, 0.6) is 11.5 Å². The molecule has 100 valence electrons. The predicted octanol–water partition coefficient (Wildman–Crippen LogP) is 1.95. The number of aliphatic carboxylic acids is 1. The topological polar surface area (TPSA) is 65.0 Å². The molecule has 1 rings (SSSR count). The van der Waals surface area contributed by atoms with Gasteiger partial charge in [-0.25, -0.2) is 4.79 Å². The maximum absolute atomic E-state index is 10.5. The Hall–Kier alpha value is -1.75. The zero-order chi connectivity index (χ0) is 13.4. The second kappa shape index (κ2) is 7.55. The molecule has 0 aliphatic carbocycles. The van der Waals surface area contributed by atoms with Crippen molar-refractivity contribution in [3.05, 3.63) is 24.3 Å². The zero-order valence-corrected chi connectivity index (χ0v) is 10.6. The van der Waals surface area contributed by atoms with Crippen molar-refractivity contribution < 1.29 is 24.1 Å². The van der Waals surface area contributed by atoms with Gasteiger partial charge in [0.1, 0.15) is 6.61 Å². The fourth-order valence-corrected chi connectivity index (χ4v) is 1.29. The van der Waals surface area contributed by atoms with E-state index in [0.717, 1.165) is 0 Å². The highest BCUT2D eigenvalue weighted by molar-refractivity contribution is 5.71. The Balaban J connectivity index is 2.37. The third kappa shape index (κ3) is 4.63. The van der Waals surface area contributed by atoms with E-state index in [4.69, 9.17) is 19.3 Å². The van der Waals surface area contributed by atoms with Crippen molar-refractivity contribution >= 4 is 5.97 Å². The van der Waals surface area contributed by atoms with Crippen molar-refractivity contribution in [2.75, 3.05) is 19.8 Å². The molecule has 0 spiro atoms. The highest BCUT2D eigenvalue weighted by Crippen LogP contribution is 2.26. The van der Waals surface area contributed by atoms with Crippen molar-refractivity contribution in [3.8, 4) is 11.5 Å². The molecule has 1 atom stereocenters. The molecule has 0 saturated heterocycles. The molecular formula is C13H18O5. The molecule has 1 aromatic rings. The fraction of sp³-hybridized carbons (Fsp3) is 0.462. The van der Waals surface area contributed by atoms with Crippen LogP contribution in [-0.2, 0) is 9.53 Å². The summed E-state index contributed by atoms with van der Waals surface area (Å²) in [6.45, 7) is 4.44. The number of carboxylic acids is 1. The van der Waals surface area contributed by atoms with Crippen LogP contribution in [0.25, 0.3) is 0 Å². The average molecular weight is 254 g/mol. The van der Waals surface area contributed by atoms with Gasteiger partial charge in [0.15, 0.2) is 17.6 Å². The van der Waals surface area contributed by atoms with E-state index in [0.29, 0.717) is 18.1 Å².